The van der Waals surface area contributed by atoms with Gasteiger partial charge in [0, 0.05) is 25.8 Å². The maximum atomic E-state index is 13.5. The van der Waals surface area contributed by atoms with Crippen LogP contribution in [-0.4, -0.2) is 41.0 Å². The van der Waals surface area contributed by atoms with Crippen molar-refractivity contribution in [3.05, 3.63) is 71.7 Å². The Morgan fingerprint density at radius 1 is 1.10 bits per heavy atom. The van der Waals surface area contributed by atoms with Crippen LogP contribution in [0, 0.1) is 5.82 Å². The fraction of sp³-hybridized carbons (Fsp3) is 0.400. The SMILES string of the molecule is COC1CCCN(Cc2cc(-c3ccc(C(C)C)cc3)n(-c3ccc(F)cc3)n2)C1. The van der Waals surface area contributed by atoms with E-state index in [4.69, 9.17) is 9.84 Å². The number of hydrogen-bond acceptors (Lipinski definition) is 3. The van der Waals surface area contributed by atoms with E-state index >= 15 is 0 Å². The molecule has 0 saturated carbocycles. The second-order valence-electron chi connectivity index (χ2n) is 8.42. The summed E-state index contributed by atoms with van der Waals surface area (Å²) in [6.07, 6.45) is 2.55. The number of halogens is 1. The first kappa shape index (κ1) is 20.8. The van der Waals surface area contributed by atoms with E-state index in [-0.39, 0.29) is 5.82 Å². The van der Waals surface area contributed by atoms with Crippen LogP contribution in [0.3, 0.4) is 0 Å². The molecule has 1 fully saturated rings. The van der Waals surface area contributed by atoms with Crippen LogP contribution in [0.2, 0.25) is 0 Å². The highest BCUT2D eigenvalue weighted by atomic mass is 19.1. The van der Waals surface area contributed by atoms with Gasteiger partial charge in [0.2, 0.25) is 0 Å². The van der Waals surface area contributed by atoms with Gasteiger partial charge in [0.1, 0.15) is 5.82 Å². The first-order chi connectivity index (χ1) is 14.5. The molecule has 1 atom stereocenters. The number of nitrogens with zero attached hydrogens (tertiary/aromatic N) is 3. The number of piperidine rings is 1. The van der Waals surface area contributed by atoms with Crippen LogP contribution >= 0.6 is 0 Å². The largest absolute Gasteiger partial charge is 0.380 e. The number of rotatable bonds is 6. The van der Waals surface area contributed by atoms with Crippen molar-refractivity contribution in [3.63, 3.8) is 0 Å². The van der Waals surface area contributed by atoms with Gasteiger partial charge in [-0.1, -0.05) is 38.1 Å². The standard InChI is InChI=1S/C25H30FN3O/c1-18(2)19-6-8-20(9-7-19)25-15-22(16-28-14-4-5-24(17-28)30-3)27-29(25)23-12-10-21(26)11-13-23/h6-13,15,18,24H,4-5,14,16-17H2,1-3H3. The van der Waals surface area contributed by atoms with E-state index < -0.39 is 0 Å². The Balaban J connectivity index is 1.67. The quantitative estimate of drug-likeness (QED) is 0.547. The molecule has 3 aromatic rings. The smallest absolute Gasteiger partial charge is 0.123 e. The van der Waals surface area contributed by atoms with Gasteiger partial charge >= 0.3 is 0 Å². The molecule has 4 nitrogen and oxygen atoms in total. The van der Waals surface area contributed by atoms with E-state index in [0.717, 1.165) is 55.1 Å². The molecule has 1 unspecified atom stereocenters. The van der Waals surface area contributed by atoms with Crippen molar-refractivity contribution in [2.45, 2.75) is 45.3 Å². The van der Waals surface area contributed by atoms with E-state index in [1.54, 1.807) is 19.2 Å². The van der Waals surface area contributed by atoms with Crippen LogP contribution in [0.5, 0.6) is 0 Å². The van der Waals surface area contributed by atoms with Gasteiger partial charge in [-0.25, -0.2) is 9.07 Å². The zero-order valence-corrected chi connectivity index (χ0v) is 18.0. The van der Waals surface area contributed by atoms with E-state index in [0.29, 0.717) is 12.0 Å². The minimum absolute atomic E-state index is 0.243. The topological polar surface area (TPSA) is 30.3 Å². The van der Waals surface area contributed by atoms with Crippen molar-refractivity contribution >= 4 is 0 Å². The molecule has 1 saturated heterocycles. The molecule has 0 bridgehead atoms. The molecule has 158 valence electrons. The highest BCUT2D eigenvalue weighted by Gasteiger charge is 2.21. The highest BCUT2D eigenvalue weighted by Crippen LogP contribution is 2.27. The second kappa shape index (κ2) is 9.11. The van der Waals surface area contributed by atoms with Crippen molar-refractivity contribution < 1.29 is 9.13 Å². The normalized spacial score (nSPS) is 17.6. The van der Waals surface area contributed by atoms with E-state index in [1.165, 1.54) is 17.7 Å². The lowest BCUT2D eigenvalue weighted by Crippen LogP contribution is -2.38. The van der Waals surface area contributed by atoms with E-state index in [2.05, 4.69) is 49.1 Å². The minimum atomic E-state index is -0.243. The summed E-state index contributed by atoms with van der Waals surface area (Å²) in [5.41, 5.74) is 5.31. The van der Waals surface area contributed by atoms with Gasteiger partial charge in [0.05, 0.1) is 23.2 Å². The summed E-state index contributed by atoms with van der Waals surface area (Å²) in [5.74, 6) is 0.248. The molecule has 2 heterocycles. The van der Waals surface area contributed by atoms with Crippen LogP contribution in [0.25, 0.3) is 16.9 Å². The summed E-state index contributed by atoms with van der Waals surface area (Å²) in [6, 6.07) is 17.3. The molecular weight excluding hydrogens is 377 g/mol. The van der Waals surface area contributed by atoms with Gasteiger partial charge < -0.3 is 4.74 Å². The summed E-state index contributed by atoms with van der Waals surface area (Å²) in [6.45, 7) is 7.16. The molecule has 0 radical (unpaired) electrons. The summed E-state index contributed by atoms with van der Waals surface area (Å²) in [4.78, 5) is 2.40. The molecule has 0 aliphatic carbocycles. The average Bonchev–Trinajstić information content (AvgIpc) is 3.18. The molecule has 2 aromatic carbocycles. The molecule has 5 heteroatoms. The zero-order chi connectivity index (χ0) is 21.1. The Morgan fingerprint density at radius 3 is 2.50 bits per heavy atom. The van der Waals surface area contributed by atoms with E-state index in [9.17, 15) is 4.39 Å². The Morgan fingerprint density at radius 2 is 1.83 bits per heavy atom. The van der Waals surface area contributed by atoms with Gasteiger partial charge in [0.25, 0.3) is 0 Å². The number of hydrogen-bond donors (Lipinski definition) is 0. The zero-order valence-electron chi connectivity index (χ0n) is 18.0. The summed E-state index contributed by atoms with van der Waals surface area (Å²) >= 11 is 0. The highest BCUT2D eigenvalue weighted by molar-refractivity contribution is 5.63. The third kappa shape index (κ3) is 4.63. The number of likely N-dealkylation sites (tertiary alicyclic amines) is 1. The molecule has 0 spiro atoms. The Bertz CT molecular complexity index is 963. The predicted octanol–water partition coefficient (Wildman–Crippen LogP) is 5.41. The van der Waals surface area contributed by atoms with Gasteiger partial charge in [-0.3, -0.25) is 4.90 Å². The van der Waals surface area contributed by atoms with Gasteiger partial charge in [-0.05, 0) is 61.2 Å². The number of benzene rings is 2. The van der Waals surface area contributed by atoms with Crippen LogP contribution in [0.1, 0.15) is 43.9 Å². The van der Waals surface area contributed by atoms with Gasteiger partial charge in [-0.2, -0.15) is 5.10 Å². The Kier molecular flexibility index (Phi) is 6.30. The lowest BCUT2D eigenvalue weighted by atomic mass is 10.0. The number of ether oxygens (including phenoxy) is 1. The first-order valence-corrected chi connectivity index (χ1v) is 10.7. The van der Waals surface area contributed by atoms with Crippen molar-refractivity contribution in [2.75, 3.05) is 20.2 Å². The summed E-state index contributed by atoms with van der Waals surface area (Å²) in [7, 11) is 1.79. The molecule has 1 aromatic heterocycles. The molecule has 1 aliphatic rings. The molecule has 1 aliphatic heterocycles. The van der Waals surface area contributed by atoms with Crippen molar-refractivity contribution in [3.8, 4) is 16.9 Å². The third-order valence-corrected chi connectivity index (χ3v) is 5.89. The van der Waals surface area contributed by atoms with E-state index in [1.807, 2.05) is 4.68 Å². The van der Waals surface area contributed by atoms with Crippen LogP contribution in [0.4, 0.5) is 4.39 Å². The van der Waals surface area contributed by atoms with Crippen molar-refractivity contribution in [1.82, 2.24) is 14.7 Å². The van der Waals surface area contributed by atoms with Crippen molar-refractivity contribution in [2.24, 2.45) is 0 Å². The monoisotopic (exact) mass is 407 g/mol. The predicted molar refractivity (Wildman–Crippen MR) is 118 cm³/mol. The Hall–Kier alpha value is -2.50. The fourth-order valence-electron chi connectivity index (χ4n) is 4.11. The minimum Gasteiger partial charge on any atom is -0.380 e. The molecule has 4 rings (SSSR count). The molecule has 30 heavy (non-hydrogen) atoms. The van der Waals surface area contributed by atoms with Gasteiger partial charge in [-0.15, -0.1) is 0 Å². The number of methoxy groups -OCH3 is 1. The summed E-state index contributed by atoms with van der Waals surface area (Å²) in [5, 5.41) is 4.90. The Labute approximate surface area is 178 Å². The first-order valence-electron chi connectivity index (χ1n) is 10.7. The molecule has 0 N–H and O–H groups in total. The fourth-order valence-corrected chi connectivity index (χ4v) is 4.11. The average molecular weight is 408 g/mol. The maximum Gasteiger partial charge on any atom is 0.123 e. The van der Waals surface area contributed by atoms with Crippen LogP contribution in [0.15, 0.2) is 54.6 Å². The van der Waals surface area contributed by atoms with Crippen LogP contribution < -0.4 is 0 Å². The van der Waals surface area contributed by atoms with Gasteiger partial charge in [0.15, 0.2) is 0 Å². The third-order valence-electron chi connectivity index (χ3n) is 5.89. The molecular formula is C25H30FN3O. The maximum absolute atomic E-state index is 13.5. The lowest BCUT2D eigenvalue weighted by molar-refractivity contribution is 0.0281. The lowest BCUT2D eigenvalue weighted by Gasteiger charge is -2.31. The van der Waals surface area contributed by atoms with Crippen LogP contribution in [-0.2, 0) is 11.3 Å². The number of aromatic nitrogens is 2. The second-order valence-corrected chi connectivity index (χ2v) is 8.42. The molecule has 0 amide bonds. The summed E-state index contributed by atoms with van der Waals surface area (Å²) < 4.78 is 21.0. The van der Waals surface area contributed by atoms with Crippen molar-refractivity contribution in [1.29, 1.82) is 0 Å².